The molecule has 7 nitrogen and oxygen atoms in total. The summed E-state index contributed by atoms with van der Waals surface area (Å²) in [6.07, 6.45) is 0.635. The van der Waals surface area contributed by atoms with E-state index in [4.69, 9.17) is 14.2 Å². The van der Waals surface area contributed by atoms with Crippen LogP contribution in [0.3, 0.4) is 0 Å². The molecule has 7 heteroatoms. The zero-order valence-electron chi connectivity index (χ0n) is 16.9. The maximum Gasteiger partial charge on any atom is 0.224 e. The summed E-state index contributed by atoms with van der Waals surface area (Å²) in [5.74, 6) is 0.227. The van der Waals surface area contributed by atoms with Crippen LogP contribution in [0.25, 0.3) is 0 Å². The topological polar surface area (TPSA) is 96.9 Å². The Balaban J connectivity index is 2.09. The third-order valence-electron chi connectivity index (χ3n) is 4.27. The first-order valence-corrected chi connectivity index (χ1v) is 9.39. The van der Waals surface area contributed by atoms with Crippen molar-refractivity contribution in [1.82, 2.24) is 5.32 Å². The van der Waals surface area contributed by atoms with Gasteiger partial charge in [-0.3, -0.25) is 4.79 Å². The van der Waals surface area contributed by atoms with Crippen LogP contribution in [0, 0.1) is 0 Å². The smallest absolute Gasteiger partial charge is 0.224 e. The minimum atomic E-state index is -1.24. The van der Waals surface area contributed by atoms with E-state index < -0.39 is 12.0 Å². The number of methoxy groups -OCH3 is 2. The highest BCUT2D eigenvalue weighted by Crippen LogP contribution is 2.28. The second kappa shape index (κ2) is 10.9. The Labute approximate surface area is 170 Å². The first-order chi connectivity index (χ1) is 14.0. The number of carbonyl (C=O) groups excluding carboxylic acids is 2. The van der Waals surface area contributed by atoms with Gasteiger partial charge in [-0.1, -0.05) is 25.1 Å². The fraction of sp³-hybridized carbons (Fsp3) is 0.364. The third-order valence-corrected chi connectivity index (χ3v) is 4.27. The molecule has 0 aliphatic carbocycles. The van der Waals surface area contributed by atoms with Crippen LogP contribution in [0.1, 0.15) is 36.9 Å². The van der Waals surface area contributed by atoms with Gasteiger partial charge in [-0.05, 0) is 41.8 Å². The lowest BCUT2D eigenvalue weighted by atomic mass is 10.0. The number of nitrogens with one attached hydrogen (secondary N) is 1. The molecule has 0 spiro atoms. The quantitative estimate of drug-likeness (QED) is 0.620. The van der Waals surface area contributed by atoms with E-state index in [-0.39, 0.29) is 18.7 Å². The Morgan fingerprint density at radius 3 is 2.31 bits per heavy atom. The molecular weight excluding hydrogens is 374 g/mol. The van der Waals surface area contributed by atoms with Crippen molar-refractivity contribution in [2.45, 2.75) is 32.2 Å². The Morgan fingerprint density at radius 1 is 1.03 bits per heavy atom. The first kappa shape index (κ1) is 22.1. The third kappa shape index (κ3) is 6.71. The van der Waals surface area contributed by atoms with E-state index in [0.717, 1.165) is 12.0 Å². The van der Waals surface area contributed by atoms with Crippen molar-refractivity contribution in [2.75, 3.05) is 20.8 Å². The molecule has 0 aromatic heterocycles. The standard InChI is InChI=1S/C22H27NO6/c1-4-11-29-17-8-6-16(7-9-17)18(14-22(25)26)23-21(24)13-15-5-10-19(27-2)20(12-15)28-3/h5-10,12,18H,4,11,13-14H2,1-3H3,(H,23,24)(H,25,26)/p-1/t18-/m0/s1. The van der Waals surface area contributed by atoms with Gasteiger partial charge < -0.3 is 29.4 Å². The molecule has 1 N–H and O–H groups in total. The van der Waals surface area contributed by atoms with Gasteiger partial charge in [0.25, 0.3) is 0 Å². The molecular formula is C22H26NO6-. The summed E-state index contributed by atoms with van der Waals surface area (Å²) >= 11 is 0. The predicted octanol–water partition coefficient (Wildman–Crippen LogP) is 2.03. The highest BCUT2D eigenvalue weighted by molar-refractivity contribution is 5.80. The van der Waals surface area contributed by atoms with E-state index in [1.807, 2.05) is 6.92 Å². The van der Waals surface area contributed by atoms with Crippen LogP contribution < -0.4 is 24.6 Å². The molecule has 0 saturated carbocycles. The lowest BCUT2D eigenvalue weighted by molar-refractivity contribution is -0.306. The SMILES string of the molecule is CCCOc1ccc([C@H](CC(=O)[O-])NC(=O)Cc2ccc(OC)c(OC)c2)cc1. The normalized spacial score (nSPS) is 11.4. The second-order valence-electron chi connectivity index (χ2n) is 6.48. The first-order valence-electron chi connectivity index (χ1n) is 9.39. The molecule has 0 heterocycles. The number of aliphatic carboxylic acids is 1. The Kier molecular flexibility index (Phi) is 8.33. The van der Waals surface area contributed by atoms with Gasteiger partial charge in [-0.25, -0.2) is 0 Å². The maximum absolute atomic E-state index is 12.5. The molecule has 0 aliphatic heterocycles. The van der Waals surface area contributed by atoms with Crippen molar-refractivity contribution < 1.29 is 28.9 Å². The number of hydrogen-bond acceptors (Lipinski definition) is 6. The van der Waals surface area contributed by atoms with Crippen LogP contribution in [0.5, 0.6) is 17.2 Å². The summed E-state index contributed by atoms with van der Waals surface area (Å²) < 4.78 is 16.0. The van der Waals surface area contributed by atoms with E-state index >= 15 is 0 Å². The van der Waals surface area contributed by atoms with Crippen LogP contribution in [-0.4, -0.2) is 32.7 Å². The summed E-state index contributed by atoms with van der Waals surface area (Å²) in [4.78, 5) is 23.7. The van der Waals surface area contributed by atoms with Crippen molar-refractivity contribution in [3.05, 3.63) is 53.6 Å². The van der Waals surface area contributed by atoms with Crippen LogP contribution in [-0.2, 0) is 16.0 Å². The number of carboxylic acids is 1. The largest absolute Gasteiger partial charge is 0.550 e. The van der Waals surface area contributed by atoms with Crippen LogP contribution >= 0.6 is 0 Å². The molecule has 1 atom stereocenters. The minimum Gasteiger partial charge on any atom is -0.550 e. The van der Waals surface area contributed by atoms with Gasteiger partial charge in [-0.2, -0.15) is 0 Å². The van der Waals surface area contributed by atoms with Crippen LogP contribution in [0.4, 0.5) is 0 Å². The average molecular weight is 400 g/mol. The highest BCUT2D eigenvalue weighted by Gasteiger charge is 2.16. The molecule has 29 heavy (non-hydrogen) atoms. The monoisotopic (exact) mass is 400 g/mol. The van der Waals surface area contributed by atoms with Gasteiger partial charge in [0.15, 0.2) is 11.5 Å². The molecule has 2 aromatic carbocycles. The summed E-state index contributed by atoms with van der Waals surface area (Å²) in [7, 11) is 3.05. The van der Waals surface area contributed by atoms with Gasteiger partial charge >= 0.3 is 0 Å². The zero-order chi connectivity index (χ0) is 21.2. The lowest BCUT2D eigenvalue weighted by Gasteiger charge is -2.20. The summed E-state index contributed by atoms with van der Waals surface area (Å²) in [5, 5.41) is 13.9. The van der Waals surface area contributed by atoms with E-state index in [1.165, 1.54) is 14.2 Å². The van der Waals surface area contributed by atoms with Crippen molar-refractivity contribution in [3.8, 4) is 17.2 Å². The van der Waals surface area contributed by atoms with Gasteiger partial charge in [-0.15, -0.1) is 0 Å². The number of carbonyl (C=O) groups is 2. The molecule has 1 amide bonds. The van der Waals surface area contributed by atoms with Gasteiger partial charge in [0.2, 0.25) is 5.91 Å². The Morgan fingerprint density at radius 2 is 1.72 bits per heavy atom. The maximum atomic E-state index is 12.5. The molecule has 0 saturated heterocycles. The summed E-state index contributed by atoms with van der Waals surface area (Å²) in [5.41, 5.74) is 1.38. The van der Waals surface area contributed by atoms with Gasteiger partial charge in [0.1, 0.15) is 5.75 Å². The minimum absolute atomic E-state index is 0.0710. The number of rotatable bonds is 11. The van der Waals surface area contributed by atoms with E-state index in [2.05, 4.69) is 5.32 Å². The fourth-order valence-corrected chi connectivity index (χ4v) is 2.86. The molecule has 0 unspecified atom stereocenters. The Bertz CT molecular complexity index is 819. The number of ether oxygens (including phenoxy) is 3. The molecule has 156 valence electrons. The summed E-state index contributed by atoms with van der Waals surface area (Å²) in [6, 6.07) is 11.5. The van der Waals surface area contributed by atoms with Crippen LogP contribution in [0.15, 0.2) is 42.5 Å². The number of hydrogen-bond donors (Lipinski definition) is 1. The van der Waals surface area contributed by atoms with Gasteiger partial charge in [0, 0.05) is 12.4 Å². The Hall–Kier alpha value is -3.22. The zero-order valence-corrected chi connectivity index (χ0v) is 16.9. The highest BCUT2D eigenvalue weighted by atomic mass is 16.5. The fourth-order valence-electron chi connectivity index (χ4n) is 2.86. The number of benzene rings is 2. The molecule has 0 bridgehead atoms. The lowest BCUT2D eigenvalue weighted by Crippen LogP contribution is -2.35. The van der Waals surface area contributed by atoms with Crippen molar-refractivity contribution >= 4 is 11.9 Å². The molecule has 2 aromatic rings. The van der Waals surface area contributed by atoms with Crippen molar-refractivity contribution in [2.24, 2.45) is 0 Å². The number of amides is 1. The summed E-state index contributed by atoms with van der Waals surface area (Å²) in [6.45, 7) is 2.61. The van der Waals surface area contributed by atoms with Crippen molar-refractivity contribution in [3.63, 3.8) is 0 Å². The molecule has 0 radical (unpaired) electrons. The van der Waals surface area contributed by atoms with Crippen LogP contribution in [0.2, 0.25) is 0 Å². The van der Waals surface area contributed by atoms with E-state index in [1.54, 1.807) is 42.5 Å². The van der Waals surface area contributed by atoms with Crippen molar-refractivity contribution in [1.29, 1.82) is 0 Å². The molecule has 0 fully saturated rings. The van der Waals surface area contributed by atoms with Gasteiger partial charge in [0.05, 0.1) is 33.3 Å². The number of carboxylic acid groups (broad SMARTS) is 1. The molecule has 0 aliphatic rings. The molecule has 2 rings (SSSR count). The van der Waals surface area contributed by atoms with E-state index in [0.29, 0.717) is 29.4 Å². The average Bonchev–Trinajstić information content (AvgIpc) is 2.71. The second-order valence-corrected chi connectivity index (χ2v) is 6.48. The predicted molar refractivity (Wildman–Crippen MR) is 106 cm³/mol. The van der Waals surface area contributed by atoms with E-state index in [9.17, 15) is 14.7 Å².